The monoisotopic (exact) mass is 330 g/mol. The molecule has 3 N–H and O–H groups in total. The van der Waals surface area contributed by atoms with E-state index in [0.717, 1.165) is 33.2 Å². The molecule has 8 nitrogen and oxygen atoms in total. The van der Waals surface area contributed by atoms with Crippen LogP contribution in [0, 0.1) is 10.1 Å². The molecule has 2 heterocycles. The molecule has 1 aromatic carbocycles. The standard InChI is InChI=1S/C14H14N6O2S/c1-15-12(8-20(21)22)18-7-9-2-3-11-10(6-9)19-13-14(23-11)17-5-4-16-13/h2-6,8,15,18H,7H2,1H3,(H,16,19). The van der Waals surface area contributed by atoms with Crippen LogP contribution in [0.25, 0.3) is 0 Å². The predicted molar refractivity (Wildman–Crippen MR) is 86.9 cm³/mol. The van der Waals surface area contributed by atoms with E-state index in [1.54, 1.807) is 31.2 Å². The van der Waals surface area contributed by atoms with Crippen molar-refractivity contribution in [1.29, 1.82) is 0 Å². The summed E-state index contributed by atoms with van der Waals surface area (Å²) in [6.07, 6.45) is 4.21. The summed E-state index contributed by atoms with van der Waals surface area (Å²) < 4.78 is 0. The first kappa shape index (κ1) is 15.1. The van der Waals surface area contributed by atoms with Crippen molar-refractivity contribution >= 4 is 23.3 Å². The molecule has 23 heavy (non-hydrogen) atoms. The van der Waals surface area contributed by atoms with Crippen molar-refractivity contribution in [2.75, 3.05) is 12.4 Å². The summed E-state index contributed by atoms with van der Waals surface area (Å²) in [5.74, 6) is 1.09. The minimum absolute atomic E-state index is 0.353. The van der Waals surface area contributed by atoms with Crippen LogP contribution in [0.1, 0.15) is 5.56 Å². The maximum Gasteiger partial charge on any atom is 0.274 e. The number of rotatable bonds is 5. The maximum absolute atomic E-state index is 10.5. The molecule has 0 amide bonds. The third-order valence-corrected chi connectivity index (χ3v) is 4.22. The first-order valence-electron chi connectivity index (χ1n) is 6.81. The highest BCUT2D eigenvalue weighted by Crippen LogP contribution is 2.41. The zero-order valence-corrected chi connectivity index (χ0v) is 13.1. The molecule has 118 valence electrons. The molecule has 1 aliphatic heterocycles. The van der Waals surface area contributed by atoms with Crippen LogP contribution in [-0.4, -0.2) is 21.9 Å². The minimum Gasteiger partial charge on any atom is -0.370 e. The number of nitrogens with one attached hydrogen (secondary N) is 3. The molecule has 9 heteroatoms. The Hall–Kier alpha value is -2.81. The van der Waals surface area contributed by atoms with Crippen molar-refractivity contribution in [3.63, 3.8) is 0 Å². The van der Waals surface area contributed by atoms with Crippen molar-refractivity contribution in [3.05, 3.63) is 58.3 Å². The van der Waals surface area contributed by atoms with Gasteiger partial charge in [0.15, 0.2) is 11.6 Å². The van der Waals surface area contributed by atoms with E-state index in [1.165, 1.54) is 0 Å². The summed E-state index contributed by atoms with van der Waals surface area (Å²) in [4.78, 5) is 19.6. The van der Waals surface area contributed by atoms with Crippen molar-refractivity contribution < 1.29 is 4.92 Å². The van der Waals surface area contributed by atoms with Gasteiger partial charge in [-0.2, -0.15) is 0 Å². The van der Waals surface area contributed by atoms with E-state index >= 15 is 0 Å². The molecule has 0 saturated carbocycles. The molecule has 0 fully saturated rings. The van der Waals surface area contributed by atoms with E-state index in [9.17, 15) is 10.1 Å². The molecule has 0 bridgehead atoms. The third-order valence-electron chi connectivity index (χ3n) is 3.16. The van der Waals surface area contributed by atoms with Crippen LogP contribution in [-0.2, 0) is 6.54 Å². The average molecular weight is 330 g/mol. The molecule has 0 radical (unpaired) electrons. The fourth-order valence-electron chi connectivity index (χ4n) is 2.09. The fraction of sp³-hybridized carbons (Fsp3) is 0.143. The Balaban J connectivity index is 1.74. The number of nitrogens with zero attached hydrogens (tertiary/aromatic N) is 3. The Morgan fingerprint density at radius 2 is 2.26 bits per heavy atom. The Morgan fingerprint density at radius 3 is 3.04 bits per heavy atom. The molecule has 0 saturated heterocycles. The van der Waals surface area contributed by atoms with Gasteiger partial charge in [-0.15, -0.1) is 0 Å². The summed E-state index contributed by atoms with van der Waals surface area (Å²) in [5.41, 5.74) is 1.94. The van der Waals surface area contributed by atoms with Gasteiger partial charge in [0.25, 0.3) is 6.20 Å². The predicted octanol–water partition coefficient (Wildman–Crippen LogP) is 2.07. The second-order valence-corrected chi connectivity index (χ2v) is 5.73. The Morgan fingerprint density at radius 1 is 1.43 bits per heavy atom. The highest BCUT2D eigenvalue weighted by Gasteiger charge is 2.17. The molecule has 0 spiro atoms. The van der Waals surface area contributed by atoms with E-state index in [-0.39, 0.29) is 0 Å². The number of benzene rings is 1. The smallest absolute Gasteiger partial charge is 0.274 e. The number of anilines is 2. The molecular formula is C14H14N6O2S. The molecule has 2 aromatic rings. The van der Waals surface area contributed by atoms with Gasteiger partial charge in [0.1, 0.15) is 5.03 Å². The minimum atomic E-state index is -0.501. The van der Waals surface area contributed by atoms with Crippen molar-refractivity contribution in [1.82, 2.24) is 20.6 Å². The van der Waals surface area contributed by atoms with Crippen LogP contribution >= 0.6 is 11.8 Å². The first-order valence-corrected chi connectivity index (χ1v) is 7.63. The summed E-state index contributed by atoms with van der Waals surface area (Å²) in [6.45, 7) is 0.466. The maximum atomic E-state index is 10.5. The van der Waals surface area contributed by atoms with E-state index in [1.807, 2.05) is 18.2 Å². The largest absolute Gasteiger partial charge is 0.370 e. The molecule has 0 atom stereocenters. The van der Waals surface area contributed by atoms with E-state index in [4.69, 9.17) is 0 Å². The highest BCUT2D eigenvalue weighted by molar-refractivity contribution is 7.99. The van der Waals surface area contributed by atoms with Gasteiger partial charge < -0.3 is 16.0 Å². The third kappa shape index (κ3) is 3.51. The van der Waals surface area contributed by atoms with Crippen LogP contribution in [0.15, 0.2) is 52.5 Å². The molecule has 0 aliphatic carbocycles. The van der Waals surface area contributed by atoms with Crippen LogP contribution in [0.2, 0.25) is 0 Å². The van der Waals surface area contributed by atoms with E-state index in [2.05, 4.69) is 25.9 Å². The highest BCUT2D eigenvalue weighted by atomic mass is 32.2. The van der Waals surface area contributed by atoms with Gasteiger partial charge in [0.05, 0.1) is 10.6 Å². The van der Waals surface area contributed by atoms with Crippen molar-refractivity contribution in [2.24, 2.45) is 0 Å². The normalized spacial score (nSPS) is 12.7. The summed E-state index contributed by atoms with van der Waals surface area (Å²) in [5, 5.41) is 20.3. The number of fused-ring (bicyclic) bond motifs is 2. The zero-order valence-electron chi connectivity index (χ0n) is 12.2. The van der Waals surface area contributed by atoms with Gasteiger partial charge in [-0.05, 0) is 17.7 Å². The van der Waals surface area contributed by atoms with Crippen molar-refractivity contribution in [3.8, 4) is 0 Å². The van der Waals surface area contributed by atoms with Gasteiger partial charge >= 0.3 is 0 Å². The molecule has 1 aromatic heterocycles. The SMILES string of the molecule is CNC(=C[N+](=O)[O-])NCc1ccc2c(c1)Nc1nccnc1S2. The lowest BCUT2D eigenvalue weighted by atomic mass is 10.2. The Bertz CT molecular complexity index is 780. The van der Waals surface area contributed by atoms with Crippen LogP contribution < -0.4 is 16.0 Å². The van der Waals surface area contributed by atoms with E-state index < -0.39 is 4.92 Å². The lowest BCUT2D eigenvalue weighted by Gasteiger charge is -2.19. The number of hydrogen-bond donors (Lipinski definition) is 3. The van der Waals surface area contributed by atoms with Gasteiger partial charge in [-0.25, -0.2) is 9.97 Å². The average Bonchev–Trinajstić information content (AvgIpc) is 2.56. The number of aromatic nitrogens is 2. The van der Waals surface area contributed by atoms with Crippen molar-refractivity contribution in [2.45, 2.75) is 16.5 Å². The van der Waals surface area contributed by atoms with Gasteiger partial charge in [0.2, 0.25) is 0 Å². The lowest BCUT2D eigenvalue weighted by molar-refractivity contribution is -0.404. The number of hydrogen-bond acceptors (Lipinski definition) is 8. The van der Waals surface area contributed by atoms with Gasteiger partial charge in [-0.1, -0.05) is 17.8 Å². The number of nitro groups is 1. The molecule has 0 unspecified atom stereocenters. The molecular weight excluding hydrogens is 316 g/mol. The van der Waals surface area contributed by atoms with Gasteiger partial charge in [-0.3, -0.25) is 10.1 Å². The first-order chi connectivity index (χ1) is 11.2. The second kappa shape index (κ2) is 6.53. The molecule has 1 aliphatic rings. The second-order valence-electron chi connectivity index (χ2n) is 4.70. The topological polar surface area (TPSA) is 105 Å². The summed E-state index contributed by atoms with van der Waals surface area (Å²) in [6, 6.07) is 5.96. The van der Waals surface area contributed by atoms with Crippen LogP contribution in [0.3, 0.4) is 0 Å². The summed E-state index contributed by atoms with van der Waals surface area (Å²) >= 11 is 1.56. The van der Waals surface area contributed by atoms with Crippen LogP contribution in [0.4, 0.5) is 11.5 Å². The fourth-order valence-corrected chi connectivity index (χ4v) is 2.97. The van der Waals surface area contributed by atoms with Crippen LogP contribution in [0.5, 0.6) is 0 Å². The zero-order chi connectivity index (χ0) is 16.2. The Kier molecular flexibility index (Phi) is 4.29. The van der Waals surface area contributed by atoms with E-state index in [0.29, 0.717) is 12.4 Å². The lowest BCUT2D eigenvalue weighted by Crippen LogP contribution is -2.24. The summed E-state index contributed by atoms with van der Waals surface area (Å²) in [7, 11) is 1.63. The Labute approximate surface area is 136 Å². The van der Waals surface area contributed by atoms with Gasteiger partial charge in [0, 0.05) is 30.9 Å². The molecule has 3 rings (SSSR count). The quantitative estimate of drug-likeness (QED) is 0.482.